The van der Waals surface area contributed by atoms with Crippen molar-refractivity contribution in [2.45, 2.75) is 19.3 Å². The van der Waals surface area contributed by atoms with E-state index in [0.29, 0.717) is 14.5 Å². The van der Waals surface area contributed by atoms with Gasteiger partial charge in [-0.05, 0) is 0 Å². The summed E-state index contributed by atoms with van der Waals surface area (Å²) >= 11 is 0.404. The molecule has 0 fully saturated rings. The molecule has 0 saturated carbocycles. The van der Waals surface area contributed by atoms with Crippen LogP contribution >= 0.6 is 0 Å². The Kier molecular flexibility index (Phi) is 2.35. The van der Waals surface area contributed by atoms with Gasteiger partial charge in [-0.25, -0.2) is 0 Å². The summed E-state index contributed by atoms with van der Waals surface area (Å²) < 4.78 is 2.99. The van der Waals surface area contributed by atoms with Crippen LogP contribution in [0.5, 0.6) is 0 Å². The van der Waals surface area contributed by atoms with Crippen molar-refractivity contribution in [1.29, 1.82) is 0 Å². The number of pyridine rings is 1. The van der Waals surface area contributed by atoms with Crippen LogP contribution in [0, 0.1) is 0 Å². The Morgan fingerprint density at radius 3 is 2.50 bits per heavy atom. The topological polar surface area (TPSA) is 12.9 Å². The zero-order chi connectivity index (χ0) is 14.9. The van der Waals surface area contributed by atoms with Gasteiger partial charge in [0.25, 0.3) is 0 Å². The third-order valence-electron chi connectivity index (χ3n) is 4.94. The first-order valence-electron chi connectivity index (χ1n) is 7.58. The number of aromatic nitrogens is 1. The minimum atomic E-state index is 0.000324. The summed E-state index contributed by atoms with van der Waals surface area (Å²) in [6.45, 7) is 4.69. The van der Waals surface area contributed by atoms with E-state index in [1.54, 1.807) is 0 Å². The van der Waals surface area contributed by atoms with Crippen molar-refractivity contribution < 1.29 is 0 Å². The van der Waals surface area contributed by atoms with Crippen molar-refractivity contribution in [2.24, 2.45) is 0 Å². The zero-order valence-electron chi connectivity index (χ0n) is 12.6. The molecule has 22 heavy (non-hydrogen) atoms. The van der Waals surface area contributed by atoms with Crippen LogP contribution in [0.1, 0.15) is 25.0 Å². The molecule has 2 aromatic carbocycles. The van der Waals surface area contributed by atoms with Crippen LogP contribution in [0.15, 0.2) is 54.7 Å². The molecule has 1 nitrogen and oxygen atoms in total. The molecular formula is C20H15NSe. The Morgan fingerprint density at radius 1 is 0.818 bits per heavy atom. The van der Waals surface area contributed by atoms with E-state index in [0.717, 1.165) is 0 Å². The van der Waals surface area contributed by atoms with Gasteiger partial charge in [-0.1, -0.05) is 0 Å². The molecule has 0 unspecified atom stereocenters. The molecule has 0 atom stereocenters. The Morgan fingerprint density at radius 2 is 1.59 bits per heavy atom. The second-order valence-electron chi connectivity index (χ2n) is 6.48. The number of hydrogen-bond acceptors (Lipinski definition) is 1. The second-order valence-corrected chi connectivity index (χ2v) is 8.76. The van der Waals surface area contributed by atoms with Crippen molar-refractivity contribution in [2.75, 3.05) is 0 Å². The average Bonchev–Trinajstić information content (AvgIpc) is 2.89. The number of hydrogen-bond donors (Lipinski definition) is 0. The monoisotopic (exact) mass is 349 g/mol. The molecule has 0 N–H and O–H groups in total. The predicted octanol–water partition coefficient (Wildman–Crippen LogP) is 4.75. The van der Waals surface area contributed by atoms with Crippen molar-refractivity contribution in [1.82, 2.24) is 4.98 Å². The third kappa shape index (κ3) is 1.42. The number of benzene rings is 2. The van der Waals surface area contributed by atoms with Gasteiger partial charge in [0, 0.05) is 0 Å². The molecule has 0 spiro atoms. The first-order chi connectivity index (χ1) is 10.7. The maximum absolute atomic E-state index is 4.79. The fourth-order valence-corrected chi connectivity index (χ4v) is 6.23. The quantitative estimate of drug-likeness (QED) is 0.418. The van der Waals surface area contributed by atoms with E-state index in [4.69, 9.17) is 4.98 Å². The van der Waals surface area contributed by atoms with Crippen molar-refractivity contribution in [3.8, 4) is 11.3 Å². The summed E-state index contributed by atoms with van der Waals surface area (Å²) in [7, 11) is 0. The van der Waals surface area contributed by atoms with Gasteiger partial charge in [0.1, 0.15) is 0 Å². The minimum absolute atomic E-state index is 0.000324. The van der Waals surface area contributed by atoms with Crippen LogP contribution < -0.4 is 0 Å². The van der Waals surface area contributed by atoms with E-state index in [-0.39, 0.29) is 5.41 Å². The van der Waals surface area contributed by atoms with Crippen LogP contribution in [0.4, 0.5) is 0 Å². The SMILES string of the molecule is CC1(C)c2ccccc2-c2nccc3[se]c4cccc1c4c23. The van der Waals surface area contributed by atoms with E-state index < -0.39 is 0 Å². The molecule has 0 bridgehead atoms. The van der Waals surface area contributed by atoms with Gasteiger partial charge in [-0.3, -0.25) is 0 Å². The number of nitrogens with zero attached hydrogens (tertiary/aromatic N) is 1. The van der Waals surface area contributed by atoms with E-state index in [1.807, 2.05) is 6.20 Å². The summed E-state index contributed by atoms with van der Waals surface area (Å²) in [5.41, 5.74) is 5.30. The summed E-state index contributed by atoms with van der Waals surface area (Å²) in [6, 6.07) is 17.8. The molecule has 0 aliphatic heterocycles. The van der Waals surface area contributed by atoms with Gasteiger partial charge in [0.05, 0.1) is 0 Å². The van der Waals surface area contributed by atoms with Gasteiger partial charge < -0.3 is 0 Å². The molecule has 0 radical (unpaired) electrons. The predicted molar refractivity (Wildman–Crippen MR) is 93.8 cm³/mol. The van der Waals surface area contributed by atoms with Gasteiger partial charge >= 0.3 is 135 Å². The van der Waals surface area contributed by atoms with Crippen LogP contribution in [0.2, 0.25) is 0 Å². The van der Waals surface area contributed by atoms with Crippen LogP contribution in [0.25, 0.3) is 30.6 Å². The summed E-state index contributed by atoms with van der Waals surface area (Å²) in [5, 5.41) is 2.85. The van der Waals surface area contributed by atoms with Crippen LogP contribution in [-0.2, 0) is 5.41 Å². The van der Waals surface area contributed by atoms with Crippen molar-refractivity contribution in [3.63, 3.8) is 0 Å². The molecule has 0 saturated heterocycles. The molecule has 106 valence electrons. The molecule has 1 aliphatic rings. The third-order valence-corrected chi connectivity index (χ3v) is 7.29. The Hall–Kier alpha value is -1.89. The normalized spacial score (nSPS) is 15.2. The number of rotatable bonds is 0. The van der Waals surface area contributed by atoms with E-state index in [1.165, 1.54) is 41.7 Å². The van der Waals surface area contributed by atoms with Crippen molar-refractivity contribution in [3.05, 3.63) is 65.9 Å². The van der Waals surface area contributed by atoms with E-state index in [9.17, 15) is 0 Å². The fraction of sp³-hybridized carbons (Fsp3) is 0.150. The van der Waals surface area contributed by atoms with Crippen LogP contribution in [-0.4, -0.2) is 19.5 Å². The van der Waals surface area contributed by atoms with Gasteiger partial charge in [0.2, 0.25) is 0 Å². The first kappa shape index (κ1) is 12.6. The standard InChI is InChI=1S/C20H15NSe/c1-20(2)13-7-4-3-6-12(13)19-18-16(10-11-21-19)22-15-9-5-8-14(20)17(15)18/h3-11H,1-2H3. The molecule has 0 amide bonds. The van der Waals surface area contributed by atoms with E-state index >= 15 is 0 Å². The Bertz CT molecular complexity index is 1060. The average molecular weight is 348 g/mol. The molecule has 5 rings (SSSR count). The first-order valence-corrected chi connectivity index (χ1v) is 9.30. The Balaban J connectivity index is 2.15. The molecular weight excluding hydrogens is 333 g/mol. The summed E-state index contributed by atoms with van der Waals surface area (Å²) in [4.78, 5) is 4.79. The fourth-order valence-electron chi connectivity index (χ4n) is 3.87. The second kappa shape index (κ2) is 4.10. The van der Waals surface area contributed by atoms with E-state index in [2.05, 4.69) is 62.4 Å². The maximum atomic E-state index is 4.79. The van der Waals surface area contributed by atoms with Crippen LogP contribution in [0.3, 0.4) is 0 Å². The summed E-state index contributed by atoms with van der Waals surface area (Å²) in [5.74, 6) is 0. The Labute approximate surface area is 135 Å². The van der Waals surface area contributed by atoms with Crippen molar-refractivity contribution >= 4 is 33.8 Å². The molecule has 2 heterocycles. The summed E-state index contributed by atoms with van der Waals surface area (Å²) in [6.07, 6.45) is 1.98. The number of fused-ring (bicyclic) bond motifs is 2. The zero-order valence-corrected chi connectivity index (χ0v) is 14.3. The van der Waals surface area contributed by atoms with Gasteiger partial charge in [0.15, 0.2) is 0 Å². The molecule has 2 heteroatoms. The van der Waals surface area contributed by atoms with Gasteiger partial charge in [-0.2, -0.15) is 0 Å². The van der Waals surface area contributed by atoms with Gasteiger partial charge in [-0.15, -0.1) is 0 Å². The molecule has 2 aromatic heterocycles. The molecule has 4 aromatic rings. The molecule has 1 aliphatic carbocycles.